The average Bonchev–Trinajstić information content (AvgIpc) is 2.46. The maximum absolute atomic E-state index is 12.6. The molecule has 1 aromatic carbocycles. The summed E-state index contributed by atoms with van der Waals surface area (Å²) in [6, 6.07) is 6.39. The molecule has 3 nitrogen and oxygen atoms in total. The fourth-order valence-corrected chi connectivity index (χ4v) is 2.69. The van der Waals surface area contributed by atoms with Gasteiger partial charge in [-0.15, -0.1) is 0 Å². The predicted molar refractivity (Wildman–Crippen MR) is 72.0 cm³/mol. The molecule has 5 heteroatoms. The van der Waals surface area contributed by atoms with Crippen molar-refractivity contribution in [2.24, 2.45) is 0 Å². The fourth-order valence-electron chi connectivity index (χ4n) is 2.69. The molecule has 0 aromatic heterocycles. The minimum atomic E-state index is -2.92. The van der Waals surface area contributed by atoms with Gasteiger partial charge in [0.2, 0.25) is 0 Å². The van der Waals surface area contributed by atoms with Crippen molar-refractivity contribution in [2.45, 2.75) is 45.3 Å². The summed E-state index contributed by atoms with van der Waals surface area (Å²) in [7, 11) is 0. The molecule has 1 unspecified atom stereocenters. The van der Waals surface area contributed by atoms with Gasteiger partial charge in [0, 0.05) is 12.6 Å². The molecular weight excluding hydrogens is 264 g/mol. The zero-order valence-corrected chi connectivity index (χ0v) is 11.5. The first-order valence-corrected chi connectivity index (χ1v) is 6.98. The van der Waals surface area contributed by atoms with Crippen molar-refractivity contribution in [2.75, 3.05) is 6.54 Å². The van der Waals surface area contributed by atoms with E-state index in [0.717, 1.165) is 25.7 Å². The summed E-state index contributed by atoms with van der Waals surface area (Å²) in [5, 5.41) is 0. The van der Waals surface area contributed by atoms with Crippen LogP contribution in [0.25, 0.3) is 0 Å². The Kier molecular flexibility index (Phi) is 4.93. The van der Waals surface area contributed by atoms with E-state index < -0.39 is 6.61 Å². The number of halogens is 2. The van der Waals surface area contributed by atoms with Crippen molar-refractivity contribution in [1.82, 2.24) is 4.90 Å². The predicted octanol–water partition coefficient (Wildman–Crippen LogP) is 3.69. The Balaban J connectivity index is 2.23. The molecule has 1 atom stereocenters. The van der Waals surface area contributed by atoms with Crippen LogP contribution in [0.3, 0.4) is 0 Å². The number of piperidine rings is 1. The highest BCUT2D eigenvalue weighted by atomic mass is 19.3. The second-order valence-electron chi connectivity index (χ2n) is 4.93. The van der Waals surface area contributed by atoms with Gasteiger partial charge >= 0.3 is 6.61 Å². The average molecular weight is 283 g/mol. The van der Waals surface area contributed by atoms with Crippen LogP contribution in [-0.4, -0.2) is 30.0 Å². The third kappa shape index (κ3) is 3.26. The minimum absolute atomic E-state index is 0.0482. The van der Waals surface area contributed by atoms with Gasteiger partial charge < -0.3 is 9.64 Å². The molecule has 1 amide bonds. The van der Waals surface area contributed by atoms with E-state index >= 15 is 0 Å². The molecule has 110 valence electrons. The van der Waals surface area contributed by atoms with Crippen LogP contribution >= 0.6 is 0 Å². The zero-order chi connectivity index (χ0) is 14.5. The van der Waals surface area contributed by atoms with Crippen molar-refractivity contribution >= 4 is 5.91 Å². The van der Waals surface area contributed by atoms with E-state index in [1.165, 1.54) is 6.07 Å². The topological polar surface area (TPSA) is 29.5 Å². The summed E-state index contributed by atoms with van der Waals surface area (Å²) < 4.78 is 29.2. The number of para-hydroxylation sites is 1. The van der Waals surface area contributed by atoms with E-state index in [1.54, 1.807) is 23.1 Å². The van der Waals surface area contributed by atoms with Crippen LogP contribution in [-0.2, 0) is 0 Å². The normalized spacial score (nSPS) is 19.2. The molecule has 0 N–H and O–H groups in total. The summed E-state index contributed by atoms with van der Waals surface area (Å²) in [5.74, 6) is -0.263. The summed E-state index contributed by atoms with van der Waals surface area (Å²) >= 11 is 0. The highest BCUT2D eigenvalue weighted by Gasteiger charge is 2.28. The second kappa shape index (κ2) is 6.68. The summed E-state index contributed by atoms with van der Waals surface area (Å²) in [5.41, 5.74) is 0.216. The van der Waals surface area contributed by atoms with Crippen LogP contribution in [0, 0.1) is 0 Å². The Morgan fingerprint density at radius 1 is 1.40 bits per heavy atom. The van der Waals surface area contributed by atoms with Gasteiger partial charge in [0.15, 0.2) is 0 Å². The van der Waals surface area contributed by atoms with Gasteiger partial charge in [-0.1, -0.05) is 19.1 Å². The molecule has 0 saturated carbocycles. The van der Waals surface area contributed by atoms with E-state index in [1.807, 2.05) is 6.92 Å². The molecule has 2 rings (SSSR count). The third-order valence-electron chi connectivity index (χ3n) is 3.69. The number of carbonyl (C=O) groups excluding carboxylic acids is 1. The number of ether oxygens (including phenoxy) is 1. The van der Waals surface area contributed by atoms with Crippen molar-refractivity contribution in [3.05, 3.63) is 29.8 Å². The molecule has 1 aliphatic heterocycles. The quantitative estimate of drug-likeness (QED) is 0.843. The van der Waals surface area contributed by atoms with E-state index in [4.69, 9.17) is 0 Å². The molecule has 1 aliphatic rings. The number of carbonyl (C=O) groups is 1. The Bertz CT molecular complexity index is 465. The standard InChI is InChI=1S/C15H19F2NO2/c1-2-11-7-5-6-10-18(11)14(19)12-8-3-4-9-13(12)20-15(16)17/h3-4,8-9,11,15H,2,5-7,10H2,1H3. The maximum atomic E-state index is 12.6. The first kappa shape index (κ1) is 14.8. The Labute approximate surface area is 117 Å². The monoisotopic (exact) mass is 283 g/mol. The van der Waals surface area contributed by atoms with Crippen LogP contribution < -0.4 is 4.74 Å². The van der Waals surface area contributed by atoms with Crippen molar-refractivity contribution < 1.29 is 18.3 Å². The van der Waals surface area contributed by atoms with E-state index in [9.17, 15) is 13.6 Å². The molecule has 0 radical (unpaired) electrons. The number of likely N-dealkylation sites (tertiary alicyclic amines) is 1. The fraction of sp³-hybridized carbons (Fsp3) is 0.533. The van der Waals surface area contributed by atoms with E-state index in [0.29, 0.717) is 6.54 Å². The van der Waals surface area contributed by atoms with Crippen molar-refractivity contribution in [3.8, 4) is 5.75 Å². The van der Waals surface area contributed by atoms with Gasteiger partial charge in [0.1, 0.15) is 5.75 Å². The maximum Gasteiger partial charge on any atom is 0.387 e. The molecule has 1 fully saturated rings. The minimum Gasteiger partial charge on any atom is -0.434 e. The third-order valence-corrected chi connectivity index (χ3v) is 3.69. The van der Waals surface area contributed by atoms with Gasteiger partial charge in [-0.05, 0) is 37.8 Å². The second-order valence-corrected chi connectivity index (χ2v) is 4.93. The van der Waals surface area contributed by atoms with Gasteiger partial charge in [0.25, 0.3) is 5.91 Å². The zero-order valence-electron chi connectivity index (χ0n) is 11.5. The lowest BCUT2D eigenvalue weighted by molar-refractivity contribution is -0.0503. The molecule has 0 spiro atoms. The number of hydrogen-bond donors (Lipinski definition) is 0. The summed E-state index contributed by atoms with van der Waals surface area (Å²) in [6.07, 6.45) is 3.92. The summed E-state index contributed by atoms with van der Waals surface area (Å²) in [6.45, 7) is -0.203. The molecule has 1 saturated heterocycles. The molecule has 20 heavy (non-hydrogen) atoms. The number of alkyl halides is 2. The van der Waals surface area contributed by atoms with Crippen LogP contribution in [0.2, 0.25) is 0 Å². The Morgan fingerprint density at radius 2 is 2.15 bits per heavy atom. The first-order chi connectivity index (χ1) is 9.63. The summed E-state index contributed by atoms with van der Waals surface area (Å²) in [4.78, 5) is 14.4. The van der Waals surface area contributed by atoms with Crippen molar-refractivity contribution in [1.29, 1.82) is 0 Å². The lowest BCUT2D eigenvalue weighted by Crippen LogP contribution is -2.43. The molecule has 1 heterocycles. The molecular formula is C15H19F2NO2. The number of rotatable bonds is 4. The number of nitrogens with zero attached hydrogens (tertiary/aromatic N) is 1. The number of hydrogen-bond acceptors (Lipinski definition) is 2. The van der Waals surface area contributed by atoms with E-state index in [2.05, 4.69) is 4.74 Å². The highest BCUT2D eigenvalue weighted by Crippen LogP contribution is 2.26. The van der Waals surface area contributed by atoms with Crippen LogP contribution in [0.15, 0.2) is 24.3 Å². The lowest BCUT2D eigenvalue weighted by atomic mass is 9.98. The number of benzene rings is 1. The van der Waals surface area contributed by atoms with E-state index in [-0.39, 0.29) is 23.3 Å². The SMILES string of the molecule is CCC1CCCCN1C(=O)c1ccccc1OC(F)F. The molecule has 1 aromatic rings. The van der Waals surface area contributed by atoms with Gasteiger partial charge in [-0.25, -0.2) is 0 Å². The lowest BCUT2D eigenvalue weighted by Gasteiger charge is -2.35. The highest BCUT2D eigenvalue weighted by molar-refractivity contribution is 5.97. The van der Waals surface area contributed by atoms with Crippen molar-refractivity contribution in [3.63, 3.8) is 0 Å². The van der Waals surface area contributed by atoms with Gasteiger partial charge in [0.05, 0.1) is 5.56 Å². The van der Waals surface area contributed by atoms with Crippen LogP contribution in [0.4, 0.5) is 8.78 Å². The smallest absolute Gasteiger partial charge is 0.387 e. The van der Waals surface area contributed by atoms with Gasteiger partial charge in [-0.3, -0.25) is 4.79 Å². The first-order valence-electron chi connectivity index (χ1n) is 6.98. The molecule has 0 bridgehead atoms. The van der Waals surface area contributed by atoms with Crippen LogP contribution in [0.1, 0.15) is 43.0 Å². The largest absolute Gasteiger partial charge is 0.434 e. The van der Waals surface area contributed by atoms with Crippen LogP contribution in [0.5, 0.6) is 5.75 Å². The molecule has 0 aliphatic carbocycles. The number of amides is 1. The Hall–Kier alpha value is -1.65. The van der Waals surface area contributed by atoms with Gasteiger partial charge in [-0.2, -0.15) is 8.78 Å². The Morgan fingerprint density at radius 3 is 2.85 bits per heavy atom.